The number of carbonyl (C=O) groups excluding carboxylic acids is 3. The Bertz CT molecular complexity index is 758. The Kier molecular flexibility index (Phi) is 6.71. The quantitative estimate of drug-likeness (QED) is 0.724. The van der Waals surface area contributed by atoms with E-state index in [1.165, 1.54) is 7.11 Å². The largest absolute Gasteiger partial charge is 0.468 e. The molecule has 0 aliphatic rings. The van der Waals surface area contributed by atoms with Crippen molar-refractivity contribution >= 4 is 39.4 Å². The molecule has 0 saturated heterocycles. The Morgan fingerprint density at radius 1 is 1.00 bits per heavy atom. The van der Waals surface area contributed by atoms with Crippen LogP contribution in [0.25, 0.3) is 0 Å². The normalized spacial score (nSPS) is 10.0. The van der Waals surface area contributed by atoms with Gasteiger partial charge < -0.3 is 15.4 Å². The van der Waals surface area contributed by atoms with Gasteiger partial charge >= 0.3 is 5.97 Å². The lowest BCUT2D eigenvalue weighted by Crippen LogP contribution is -2.31. The van der Waals surface area contributed by atoms with Gasteiger partial charge in [-0.15, -0.1) is 0 Å². The number of halogens is 1. The molecule has 2 amide bonds. The van der Waals surface area contributed by atoms with Gasteiger partial charge in [0.15, 0.2) is 0 Å². The SMILES string of the molecule is COC(=O)CNC(=O)Cc1ccc(NC(=O)c2ccc(Br)cc2)cc1. The molecule has 0 bridgehead atoms. The van der Waals surface area contributed by atoms with E-state index in [9.17, 15) is 14.4 Å². The molecule has 6 nitrogen and oxygen atoms in total. The molecule has 0 radical (unpaired) electrons. The highest BCUT2D eigenvalue weighted by Gasteiger charge is 2.08. The highest BCUT2D eigenvalue weighted by atomic mass is 79.9. The van der Waals surface area contributed by atoms with Crippen molar-refractivity contribution in [2.75, 3.05) is 19.0 Å². The smallest absolute Gasteiger partial charge is 0.325 e. The number of hydrogen-bond acceptors (Lipinski definition) is 4. The number of anilines is 1. The first-order valence-corrected chi connectivity index (χ1v) is 8.26. The lowest BCUT2D eigenvalue weighted by atomic mass is 10.1. The molecule has 25 heavy (non-hydrogen) atoms. The second-order valence-electron chi connectivity index (χ2n) is 5.19. The summed E-state index contributed by atoms with van der Waals surface area (Å²) in [6.07, 6.45) is 0.137. The second-order valence-corrected chi connectivity index (χ2v) is 6.10. The van der Waals surface area contributed by atoms with Crippen LogP contribution in [0, 0.1) is 0 Å². The minimum atomic E-state index is -0.501. The zero-order chi connectivity index (χ0) is 18.2. The molecule has 0 fully saturated rings. The first kappa shape index (κ1) is 18.7. The second kappa shape index (κ2) is 8.98. The summed E-state index contributed by atoms with van der Waals surface area (Å²) in [7, 11) is 1.26. The summed E-state index contributed by atoms with van der Waals surface area (Å²) in [5, 5.41) is 5.26. The van der Waals surface area contributed by atoms with E-state index in [1.54, 1.807) is 48.5 Å². The number of methoxy groups -OCH3 is 1. The van der Waals surface area contributed by atoms with Crippen LogP contribution in [-0.4, -0.2) is 31.4 Å². The van der Waals surface area contributed by atoms with E-state index in [4.69, 9.17) is 0 Å². The van der Waals surface area contributed by atoms with Gasteiger partial charge in [-0.1, -0.05) is 28.1 Å². The molecule has 0 aliphatic carbocycles. The lowest BCUT2D eigenvalue weighted by molar-refractivity contribution is -0.141. The molecular formula is C18H17BrN2O4. The zero-order valence-corrected chi connectivity index (χ0v) is 15.1. The van der Waals surface area contributed by atoms with Gasteiger partial charge in [0.1, 0.15) is 6.54 Å². The molecule has 2 aromatic rings. The molecule has 130 valence electrons. The standard InChI is InChI=1S/C18H17BrN2O4/c1-25-17(23)11-20-16(22)10-12-2-8-15(9-3-12)21-18(24)13-4-6-14(19)7-5-13/h2-9H,10-11H2,1H3,(H,20,22)(H,21,24). The van der Waals surface area contributed by atoms with Gasteiger partial charge in [0.05, 0.1) is 13.5 Å². The fourth-order valence-electron chi connectivity index (χ4n) is 2.00. The van der Waals surface area contributed by atoms with Crippen LogP contribution in [0.2, 0.25) is 0 Å². The van der Waals surface area contributed by atoms with E-state index in [1.807, 2.05) is 0 Å². The molecular weight excluding hydrogens is 388 g/mol. The van der Waals surface area contributed by atoms with E-state index in [-0.39, 0.29) is 24.8 Å². The summed E-state index contributed by atoms with van der Waals surface area (Å²) in [5.74, 6) is -0.993. The molecule has 7 heteroatoms. The molecule has 0 heterocycles. The Labute approximate surface area is 153 Å². The van der Waals surface area contributed by atoms with E-state index in [0.29, 0.717) is 11.3 Å². The summed E-state index contributed by atoms with van der Waals surface area (Å²) < 4.78 is 5.35. The van der Waals surface area contributed by atoms with E-state index in [2.05, 4.69) is 31.3 Å². The van der Waals surface area contributed by atoms with Crippen LogP contribution in [-0.2, 0) is 20.7 Å². The Morgan fingerprint density at radius 3 is 2.24 bits per heavy atom. The molecule has 0 saturated carbocycles. The van der Waals surface area contributed by atoms with Crippen LogP contribution in [0.5, 0.6) is 0 Å². The predicted octanol–water partition coefficient (Wildman–Crippen LogP) is 2.53. The van der Waals surface area contributed by atoms with Crippen molar-refractivity contribution in [2.45, 2.75) is 6.42 Å². The summed E-state index contributed by atoms with van der Waals surface area (Å²) >= 11 is 3.32. The first-order chi connectivity index (χ1) is 12.0. The minimum absolute atomic E-state index is 0.137. The number of carbonyl (C=O) groups is 3. The van der Waals surface area contributed by atoms with Crippen molar-refractivity contribution in [3.8, 4) is 0 Å². The average Bonchev–Trinajstić information content (AvgIpc) is 2.61. The highest BCUT2D eigenvalue weighted by Crippen LogP contribution is 2.14. The minimum Gasteiger partial charge on any atom is -0.468 e. The lowest BCUT2D eigenvalue weighted by Gasteiger charge is -2.07. The topological polar surface area (TPSA) is 84.5 Å². The number of ether oxygens (including phenoxy) is 1. The Morgan fingerprint density at radius 2 is 1.64 bits per heavy atom. The fourth-order valence-corrected chi connectivity index (χ4v) is 2.27. The van der Waals surface area contributed by atoms with Crippen molar-refractivity contribution < 1.29 is 19.1 Å². The molecule has 2 aromatic carbocycles. The third-order valence-corrected chi connectivity index (χ3v) is 3.87. The Hall–Kier alpha value is -2.67. The maximum atomic E-state index is 12.1. The van der Waals surface area contributed by atoms with E-state index < -0.39 is 5.97 Å². The van der Waals surface area contributed by atoms with Crippen LogP contribution >= 0.6 is 15.9 Å². The van der Waals surface area contributed by atoms with Crippen molar-refractivity contribution in [1.29, 1.82) is 0 Å². The monoisotopic (exact) mass is 404 g/mol. The fraction of sp³-hybridized carbons (Fsp3) is 0.167. The van der Waals surface area contributed by atoms with Crippen LogP contribution in [0.15, 0.2) is 53.0 Å². The van der Waals surface area contributed by atoms with Crippen LogP contribution in [0.3, 0.4) is 0 Å². The maximum absolute atomic E-state index is 12.1. The molecule has 0 spiro atoms. The van der Waals surface area contributed by atoms with Gasteiger partial charge in [-0.25, -0.2) is 0 Å². The van der Waals surface area contributed by atoms with E-state index >= 15 is 0 Å². The highest BCUT2D eigenvalue weighted by molar-refractivity contribution is 9.10. The third-order valence-electron chi connectivity index (χ3n) is 3.34. The number of amides is 2. The van der Waals surface area contributed by atoms with Crippen LogP contribution in [0.1, 0.15) is 15.9 Å². The summed E-state index contributed by atoms with van der Waals surface area (Å²) in [6, 6.07) is 14.0. The average molecular weight is 405 g/mol. The Balaban J connectivity index is 1.89. The van der Waals surface area contributed by atoms with Crippen molar-refractivity contribution in [1.82, 2.24) is 5.32 Å². The molecule has 0 aliphatic heterocycles. The van der Waals surface area contributed by atoms with Gasteiger partial charge in [-0.3, -0.25) is 14.4 Å². The molecule has 0 aromatic heterocycles. The van der Waals surface area contributed by atoms with Crippen LogP contribution < -0.4 is 10.6 Å². The molecule has 0 unspecified atom stereocenters. The predicted molar refractivity (Wildman–Crippen MR) is 97.3 cm³/mol. The first-order valence-electron chi connectivity index (χ1n) is 7.47. The molecule has 2 N–H and O–H groups in total. The zero-order valence-electron chi connectivity index (χ0n) is 13.5. The summed E-state index contributed by atoms with van der Waals surface area (Å²) in [6.45, 7) is -0.156. The third kappa shape index (κ3) is 6.04. The van der Waals surface area contributed by atoms with E-state index in [0.717, 1.165) is 10.0 Å². The maximum Gasteiger partial charge on any atom is 0.325 e. The summed E-state index contributed by atoms with van der Waals surface area (Å²) in [5.41, 5.74) is 1.95. The number of hydrogen-bond donors (Lipinski definition) is 2. The molecule has 2 rings (SSSR count). The summed E-state index contributed by atoms with van der Waals surface area (Å²) in [4.78, 5) is 34.8. The number of esters is 1. The van der Waals surface area contributed by atoms with Gasteiger partial charge in [0.2, 0.25) is 5.91 Å². The van der Waals surface area contributed by atoms with Gasteiger partial charge in [0, 0.05) is 15.7 Å². The van der Waals surface area contributed by atoms with Gasteiger partial charge in [0.25, 0.3) is 5.91 Å². The van der Waals surface area contributed by atoms with Crippen molar-refractivity contribution in [2.24, 2.45) is 0 Å². The molecule has 0 atom stereocenters. The number of nitrogens with one attached hydrogen (secondary N) is 2. The van der Waals surface area contributed by atoms with Gasteiger partial charge in [-0.05, 0) is 42.0 Å². The van der Waals surface area contributed by atoms with Gasteiger partial charge in [-0.2, -0.15) is 0 Å². The van der Waals surface area contributed by atoms with Crippen molar-refractivity contribution in [3.05, 3.63) is 64.1 Å². The number of benzene rings is 2. The van der Waals surface area contributed by atoms with Crippen LogP contribution in [0.4, 0.5) is 5.69 Å². The van der Waals surface area contributed by atoms with Crippen molar-refractivity contribution in [3.63, 3.8) is 0 Å². The number of rotatable bonds is 6.